The lowest BCUT2D eigenvalue weighted by atomic mass is 10.3. The van der Waals surface area contributed by atoms with E-state index in [1.807, 2.05) is 24.6 Å². The van der Waals surface area contributed by atoms with Gasteiger partial charge in [-0.3, -0.25) is 4.98 Å². The molecular weight excluding hydrogens is 194 g/mol. The average molecular weight is 205 g/mol. The van der Waals surface area contributed by atoms with Crippen molar-refractivity contribution in [1.29, 1.82) is 0 Å². The van der Waals surface area contributed by atoms with Gasteiger partial charge in [0.1, 0.15) is 0 Å². The monoisotopic (exact) mass is 205 g/mol. The van der Waals surface area contributed by atoms with Gasteiger partial charge in [-0.2, -0.15) is 0 Å². The summed E-state index contributed by atoms with van der Waals surface area (Å²) in [5, 5.41) is 3.32. The lowest BCUT2D eigenvalue weighted by molar-refractivity contribution is 1.12. The zero-order chi connectivity index (χ0) is 9.80. The number of aryl methyl sites for hydroxylation is 1. The van der Waals surface area contributed by atoms with Crippen molar-refractivity contribution in [1.82, 2.24) is 9.97 Å². The fourth-order valence-electron chi connectivity index (χ4n) is 1.15. The Morgan fingerprint density at radius 2 is 2.14 bits per heavy atom. The summed E-state index contributed by atoms with van der Waals surface area (Å²) in [5.41, 5.74) is 4.07. The molecule has 0 spiro atoms. The Labute approximate surface area is 86.8 Å². The predicted octanol–water partition coefficient (Wildman–Crippen LogP) is 2.46. The molecule has 2 aromatic rings. The van der Waals surface area contributed by atoms with Gasteiger partial charge in [0.25, 0.3) is 0 Å². The second kappa shape index (κ2) is 4.19. The molecule has 1 N–H and O–H groups in total. The van der Waals surface area contributed by atoms with Crippen LogP contribution in [0, 0.1) is 6.92 Å². The molecule has 0 aliphatic carbocycles. The van der Waals surface area contributed by atoms with E-state index in [-0.39, 0.29) is 0 Å². The highest BCUT2D eigenvalue weighted by Crippen LogP contribution is 2.14. The van der Waals surface area contributed by atoms with E-state index in [0.29, 0.717) is 0 Å². The van der Waals surface area contributed by atoms with Crippen molar-refractivity contribution in [2.24, 2.45) is 0 Å². The topological polar surface area (TPSA) is 37.8 Å². The molecule has 2 heterocycles. The molecule has 2 rings (SSSR count). The van der Waals surface area contributed by atoms with E-state index in [4.69, 9.17) is 0 Å². The number of pyridine rings is 1. The molecule has 0 fully saturated rings. The van der Waals surface area contributed by atoms with E-state index in [2.05, 4.69) is 15.3 Å². The third-order valence-corrected chi connectivity index (χ3v) is 2.91. The number of aromatic nitrogens is 2. The number of hydrogen-bond donors (Lipinski definition) is 1. The van der Waals surface area contributed by atoms with Crippen LogP contribution < -0.4 is 5.32 Å². The molecule has 0 amide bonds. The quantitative estimate of drug-likeness (QED) is 0.836. The normalized spacial score (nSPS) is 10.1. The minimum atomic E-state index is 0.834. The maximum absolute atomic E-state index is 4.20. The molecule has 3 nitrogen and oxygen atoms in total. The third-order valence-electron chi connectivity index (χ3n) is 1.98. The maximum Gasteiger partial charge on any atom is 0.0798 e. The zero-order valence-electron chi connectivity index (χ0n) is 7.90. The first kappa shape index (κ1) is 9.15. The molecule has 0 aromatic carbocycles. The first-order valence-electron chi connectivity index (χ1n) is 4.39. The third kappa shape index (κ3) is 2.09. The van der Waals surface area contributed by atoms with Crippen LogP contribution in [0.1, 0.15) is 10.6 Å². The van der Waals surface area contributed by atoms with Gasteiger partial charge in [-0.1, -0.05) is 0 Å². The van der Waals surface area contributed by atoms with Crippen molar-refractivity contribution < 1.29 is 0 Å². The van der Waals surface area contributed by atoms with Gasteiger partial charge in [0, 0.05) is 23.0 Å². The maximum atomic E-state index is 4.20. The molecule has 72 valence electrons. The van der Waals surface area contributed by atoms with Crippen molar-refractivity contribution >= 4 is 17.0 Å². The average Bonchev–Trinajstić information content (AvgIpc) is 2.63. The minimum absolute atomic E-state index is 0.834. The number of nitrogens with zero attached hydrogens (tertiary/aromatic N) is 2. The number of thiazole rings is 1. The lowest BCUT2D eigenvalue weighted by Gasteiger charge is -2.03. The fraction of sp³-hybridized carbons (Fsp3) is 0.200. The summed E-state index contributed by atoms with van der Waals surface area (Å²) in [6, 6.07) is 3.91. The van der Waals surface area contributed by atoms with E-state index in [1.165, 1.54) is 4.88 Å². The summed E-state index contributed by atoms with van der Waals surface area (Å²) in [7, 11) is 0. The van der Waals surface area contributed by atoms with Crippen LogP contribution in [-0.2, 0) is 6.54 Å². The summed E-state index contributed by atoms with van der Waals surface area (Å²) in [4.78, 5) is 9.43. The highest BCUT2D eigenvalue weighted by atomic mass is 32.1. The van der Waals surface area contributed by atoms with E-state index >= 15 is 0 Å². The number of nitrogens with one attached hydrogen (secondary N) is 1. The highest BCUT2D eigenvalue weighted by molar-refractivity contribution is 7.09. The summed E-state index contributed by atoms with van der Waals surface area (Å²) in [6.07, 6.45) is 3.56. The van der Waals surface area contributed by atoms with Gasteiger partial charge < -0.3 is 5.32 Å². The molecule has 0 unspecified atom stereocenters. The van der Waals surface area contributed by atoms with Gasteiger partial charge >= 0.3 is 0 Å². The molecule has 4 heteroatoms. The van der Waals surface area contributed by atoms with Crippen LogP contribution in [0.5, 0.6) is 0 Å². The smallest absolute Gasteiger partial charge is 0.0798 e. The molecule has 0 saturated heterocycles. The van der Waals surface area contributed by atoms with E-state index in [9.17, 15) is 0 Å². The lowest BCUT2D eigenvalue weighted by Crippen LogP contribution is -1.98. The molecule has 0 aliphatic heterocycles. The Kier molecular flexibility index (Phi) is 2.74. The minimum Gasteiger partial charge on any atom is -0.380 e. The molecule has 2 aromatic heterocycles. The molecule has 0 saturated carbocycles. The first-order chi connectivity index (χ1) is 6.86. The Balaban J connectivity index is 1.99. The second-order valence-electron chi connectivity index (χ2n) is 2.95. The molecule has 0 atom stereocenters. The number of hydrogen-bond acceptors (Lipinski definition) is 4. The Morgan fingerprint density at radius 3 is 2.79 bits per heavy atom. The van der Waals surface area contributed by atoms with Crippen LogP contribution in [0.4, 0.5) is 5.69 Å². The van der Waals surface area contributed by atoms with Gasteiger partial charge in [-0.05, 0) is 19.1 Å². The zero-order valence-corrected chi connectivity index (χ0v) is 8.71. The summed E-state index contributed by atoms with van der Waals surface area (Å²) >= 11 is 1.68. The highest BCUT2D eigenvalue weighted by Gasteiger charge is 1.99. The van der Waals surface area contributed by atoms with Crippen LogP contribution in [-0.4, -0.2) is 9.97 Å². The van der Waals surface area contributed by atoms with Gasteiger partial charge in [0.15, 0.2) is 0 Å². The molecule has 0 bridgehead atoms. The van der Waals surface area contributed by atoms with Gasteiger partial charge in [-0.15, -0.1) is 11.3 Å². The van der Waals surface area contributed by atoms with Crippen LogP contribution in [0.3, 0.4) is 0 Å². The Morgan fingerprint density at radius 1 is 1.36 bits per heavy atom. The van der Waals surface area contributed by atoms with Crippen molar-refractivity contribution in [3.8, 4) is 0 Å². The summed E-state index contributed by atoms with van der Waals surface area (Å²) in [6.45, 7) is 2.86. The summed E-state index contributed by atoms with van der Waals surface area (Å²) < 4.78 is 0. The fourth-order valence-corrected chi connectivity index (χ4v) is 1.86. The van der Waals surface area contributed by atoms with Crippen molar-refractivity contribution in [3.05, 3.63) is 40.6 Å². The molecule has 14 heavy (non-hydrogen) atoms. The molecule has 0 aliphatic rings. The van der Waals surface area contributed by atoms with Crippen LogP contribution in [0.15, 0.2) is 30.0 Å². The van der Waals surface area contributed by atoms with Crippen molar-refractivity contribution in [2.75, 3.05) is 5.32 Å². The molecule has 0 radical (unpaired) electrons. The first-order valence-corrected chi connectivity index (χ1v) is 5.27. The van der Waals surface area contributed by atoms with Crippen LogP contribution in [0.2, 0.25) is 0 Å². The SMILES string of the molecule is Cc1ncsc1CNc1ccncc1. The standard InChI is InChI=1S/C10H11N3S/c1-8-10(14-7-13-8)6-12-9-2-4-11-5-3-9/h2-5,7H,6H2,1H3,(H,11,12). The Bertz CT molecular complexity index is 397. The van der Waals surface area contributed by atoms with E-state index < -0.39 is 0 Å². The van der Waals surface area contributed by atoms with E-state index in [1.54, 1.807) is 23.7 Å². The number of anilines is 1. The largest absolute Gasteiger partial charge is 0.380 e. The van der Waals surface area contributed by atoms with Crippen LogP contribution >= 0.6 is 11.3 Å². The Hall–Kier alpha value is -1.42. The summed E-state index contributed by atoms with van der Waals surface area (Å²) in [5.74, 6) is 0. The van der Waals surface area contributed by atoms with Crippen molar-refractivity contribution in [3.63, 3.8) is 0 Å². The van der Waals surface area contributed by atoms with Gasteiger partial charge in [0.2, 0.25) is 0 Å². The van der Waals surface area contributed by atoms with Gasteiger partial charge in [0.05, 0.1) is 17.7 Å². The number of rotatable bonds is 3. The predicted molar refractivity (Wildman–Crippen MR) is 58.4 cm³/mol. The second-order valence-corrected chi connectivity index (χ2v) is 3.89. The van der Waals surface area contributed by atoms with Crippen LogP contribution in [0.25, 0.3) is 0 Å². The van der Waals surface area contributed by atoms with E-state index in [0.717, 1.165) is 17.9 Å². The van der Waals surface area contributed by atoms with Gasteiger partial charge in [-0.25, -0.2) is 4.98 Å². The molecular formula is C10H11N3S. The van der Waals surface area contributed by atoms with Crippen molar-refractivity contribution in [2.45, 2.75) is 13.5 Å².